The largest absolute Gasteiger partial charge is 0.281 e. The highest BCUT2D eigenvalue weighted by atomic mass is 32.2. The molecule has 2 saturated heterocycles. The summed E-state index contributed by atoms with van der Waals surface area (Å²) in [6.45, 7) is 2.52. The Hall–Kier alpha value is -0.220. The van der Waals surface area contributed by atoms with Gasteiger partial charge in [0.2, 0.25) is 10.0 Å². The minimum atomic E-state index is -3.44. The molecular formula is C17H33N3O4S2. The van der Waals surface area contributed by atoms with Crippen molar-refractivity contribution in [2.24, 2.45) is 11.3 Å². The van der Waals surface area contributed by atoms with Crippen LogP contribution in [-0.4, -0.2) is 64.4 Å². The fourth-order valence-corrected chi connectivity index (χ4v) is 7.10. The van der Waals surface area contributed by atoms with E-state index >= 15 is 0 Å². The van der Waals surface area contributed by atoms with Gasteiger partial charge in [-0.15, -0.1) is 0 Å². The monoisotopic (exact) mass is 407 g/mol. The fraction of sp³-hybridized carbons (Fsp3) is 1.00. The zero-order chi connectivity index (χ0) is 18.8. The molecule has 0 aromatic carbocycles. The Morgan fingerprint density at radius 2 is 1.54 bits per heavy atom. The maximum atomic E-state index is 13.1. The number of nitrogens with one attached hydrogen (secondary N) is 1. The third-order valence-corrected chi connectivity index (χ3v) is 9.16. The molecule has 0 amide bonds. The molecule has 0 aromatic heterocycles. The van der Waals surface area contributed by atoms with Crippen molar-refractivity contribution in [3.05, 3.63) is 0 Å². The summed E-state index contributed by atoms with van der Waals surface area (Å²) in [5.74, 6) is 0.0442. The SMILES string of the molecule is CS(=O)(=O)NCC1CCCN(S(=O)(=O)N2CCC3(CCCCC3)CC2)C1. The molecule has 152 valence electrons. The maximum Gasteiger partial charge on any atom is 0.281 e. The molecule has 1 unspecified atom stereocenters. The van der Waals surface area contributed by atoms with Gasteiger partial charge in [0.25, 0.3) is 10.2 Å². The zero-order valence-electron chi connectivity index (χ0n) is 15.8. The molecule has 1 spiro atoms. The van der Waals surface area contributed by atoms with Gasteiger partial charge in [0, 0.05) is 32.7 Å². The molecule has 1 saturated carbocycles. The van der Waals surface area contributed by atoms with Gasteiger partial charge in [-0.05, 0) is 49.9 Å². The summed E-state index contributed by atoms with van der Waals surface area (Å²) < 4.78 is 54.5. The van der Waals surface area contributed by atoms with Crippen LogP contribution < -0.4 is 4.72 Å². The predicted molar refractivity (Wildman–Crippen MR) is 102 cm³/mol. The van der Waals surface area contributed by atoms with Crippen molar-refractivity contribution in [1.29, 1.82) is 0 Å². The second-order valence-corrected chi connectivity index (χ2v) is 12.2. The maximum absolute atomic E-state index is 13.1. The van der Waals surface area contributed by atoms with Gasteiger partial charge in [-0.25, -0.2) is 13.1 Å². The highest BCUT2D eigenvalue weighted by molar-refractivity contribution is 7.88. The number of nitrogens with zero attached hydrogens (tertiary/aromatic N) is 2. The molecule has 2 heterocycles. The first-order valence-electron chi connectivity index (χ1n) is 9.90. The van der Waals surface area contributed by atoms with Gasteiger partial charge in [0.05, 0.1) is 6.26 Å². The van der Waals surface area contributed by atoms with E-state index in [2.05, 4.69) is 4.72 Å². The van der Waals surface area contributed by atoms with E-state index in [1.165, 1.54) is 32.1 Å². The molecule has 3 aliphatic rings. The number of piperidine rings is 2. The van der Waals surface area contributed by atoms with E-state index in [-0.39, 0.29) is 5.92 Å². The lowest BCUT2D eigenvalue weighted by molar-refractivity contribution is 0.0980. The Balaban J connectivity index is 1.57. The number of hydrogen-bond donors (Lipinski definition) is 1. The molecule has 2 aliphatic heterocycles. The zero-order valence-corrected chi connectivity index (χ0v) is 17.5. The second-order valence-electron chi connectivity index (χ2n) is 8.45. The minimum absolute atomic E-state index is 0.0442. The van der Waals surface area contributed by atoms with Gasteiger partial charge in [0.1, 0.15) is 0 Å². The van der Waals surface area contributed by atoms with Crippen LogP contribution in [0.4, 0.5) is 0 Å². The van der Waals surface area contributed by atoms with E-state index in [1.54, 1.807) is 8.61 Å². The number of hydrogen-bond acceptors (Lipinski definition) is 4. The van der Waals surface area contributed by atoms with Crippen LogP contribution >= 0.6 is 0 Å². The topological polar surface area (TPSA) is 86.8 Å². The van der Waals surface area contributed by atoms with E-state index in [0.717, 1.165) is 31.9 Å². The summed E-state index contributed by atoms with van der Waals surface area (Å²) in [4.78, 5) is 0. The Morgan fingerprint density at radius 3 is 2.15 bits per heavy atom. The molecule has 0 radical (unpaired) electrons. The van der Waals surface area contributed by atoms with Crippen molar-refractivity contribution in [2.45, 2.75) is 57.8 Å². The summed E-state index contributed by atoms with van der Waals surface area (Å²) in [6.07, 6.45) is 11.2. The highest BCUT2D eigenvalue weighted by Crippen LogP contribution is 2.45. The first kappa shape index (κ1) is 20.5. The summed E-state index contributed by atoms with van der Waals surface area (Å²) in [5, 5.41) is 0. The van der Waals surface area contributed by atoms with Crippen molar-refractivity contribution in [1.82, 2.24) is 13.3 Å². The van der Waals surface area contributed by atoms with Gasteiger partial charge >= 0.3 is 0 Å². The molecule has 7 nitrogen and oxygen atoms in total. The Labute approximate surface area is 158 Å². The van der Waals surface area contributed by atoms with Crippen molar-refractivity contribution < 1.29 is 16.8 Å². The summed E-state index contributed by atoms with van der Waals surface area (Å²) >= 11 is 0. The summed E-state index contributed by atoms with van der Waals surface area (Å²) in [7, 11) is -6.68. The van der Waals surface area contributed by atoms with E-state index in [0.29, 0.717) is 38.1 Å². The normalized spacial score (nSPS) is 29.0. The van der Waals surface area contributed by atoms with Gasteiger partial charge in [-0.1, -0.05) is 19.3 Å². The molecular weight excluding hydrogens is 374 g/mol. The molecule has 1 aliphatic carbocycles. The molecule has 26 heavy (non-hydrogen) atoms. The third kappa shape index (κ3) is 4.98. The summed E-state index contributed by atoms with van der Waals surface area (Å²) in [5.41, 5.74) is 0.383. The van der Waals surface area contributed by atoms with Crippen LogP contribution in [0.15, 0.2) is 0 Å². The van der Waals surface area contributed by atoms with Crippen LogP contribution in [0, 0.1) is 11.3 Å². The lowest BCUT2D eigenvalue weighted by Gasteiger charge is -2.45. The minimum Gasteiger partial charge on any atom is -0.215 e. The van der Waals surface area contributed by atoms with E-state index in [1.807, 2.05) is 0 Å². The number of rotatable bonds is 5. The van der Waals surface area contributed by atoms with Crippen molar-refractivity contribution in [3.8, 4) is 0 Å². The number of sulfonamides is 1. The quantitative estimate of drug-likeness (QED) is 0.749. The van der Waals surface area contributed by atoms with Crippen molar-refractivity contribution in [2.75, 3.05) is 39.0 Å². The molecule has 9 heteroatoms. The smallest absolute Gasteiger partial charge is 0.215 e. The van der Waals surface area contributed by atoms with Gasteiger partial charge in [-0.3, -0.25) is 0 Å². The van der Waals surface area contributed by atoms with Crippen molar-refractivity contribution >= 4 is 20.2 Å². The molecule has 3 fully saturated rings. The van der Waals surface area contributed by atoms with Crippen molar-refractivity contribution in [3.63, 3.8) is 0 Å². The van der Waals surface area contributed by atoms with Crippen LogP contribution in [0.2, 0.25) is 0 Å². The van der Waals surface area contributed by atoms with Gasteiger partial charge in [-0.2, -0.15) is 17.0 Å². The fourth-order valence-electron chi connectivity index (χ4n) is 4.83. The standard InChI is InChI=1S/C17H33N3O4S2/c1-25(21,22)18-14-16-6-5-11-20(15-16)26(23,24)19-12-9-17(10-13-19)7-3-2-4-8-17/h16,18H,2-15H2,1H3. The van der Waals surface area contributed by atoms with Crippen LogP contribution in [0.1, 0.15) is 57.8 Å². The Morgan fingerprint density at radius 1 is 0.885 bits per heavy atom. The highest BCUT2D eigenvalue weighted by Gasteiger charge is 2.41. The molecule has 0 bridgehead atoms. The lowest BCUT2D eigenvalue weighted by atomic mass is 9.68. The van der Waals surface area contributed by atoms with Crippen LogP contribution in [-0.2, 0) is 20.2 Å². The summed E-state index contributed by atoms with van der Waals surface area (Å²) in [6, 6.07) is 0. The van der Waals surface area contributed by atoms with E-state index in [4.69, 9.17) is 0 Å². The average Bonchev–Trinajstić information content (AvgIpc) is 2.61. The lowest BCUT2D eigenvalue weighted by Crippen LogP contribution is -2.52. The first-order valence-corrected chi connectivity index (χ1v) is 13.2. The van der Waals surface area contributed by atoms with Gasteiger partial charge in [0.15, 0.2) is 0 Å². The van der Waals surface area contributed by atoms with E-state index < -0.39 is 20.2 Å². The van der Waals surface area contributed by atoms with Crippen LogP contribution in [0.25, 0.3) is 0 Å². The molecule has 3 rings (SSSR count). The first-order chi connectivity index (χ1) is 12.2. The van der Waals surface area contributed by atoms with Gasteiger partial charge < -0.3 is 0 Å². The van der Waals surface area contributed by atoms with Crippen LogP contribution in [0.3, 0.4) is 0 Å². The van der Waals surface area contributed by atoms with E-state index in [9.17, 15) is 16.8 Å². The molecule has 1 atom stereocenters. The average molecular weight is 408 g/mol. The molecule has 1 N–H and O–H groups in total. The molecule has 0 aromatic rings. The Kier molecular flexibility index (Phi) is 6.33. The second kappa shape index (κ2) is 8.03. The Bertz CT molecular complexity index is 677. The van der Waals surface area contributed by atoms with Crippen LogP contribution in [0.5, 0.6) is 0 Å². The third-order valence-electron chi connectivity index (χ3n) is 6.47. The predicted octanol–water partition coefficient (Wildman–Crippen LogP) is 1.54.